The highest BCUT2D eigenvalue weighted by molar-refractivity contribution is 9.10. The molecule has 16 heavy (non-hydrogen) atoms. The first-order valence-electron chi connectivity index (χ1n) is 4.47. The van der Waals surface area contributed by atoms with Crippen molar-refractivity contribution < 1.29 is 4.39 Å². The number of hydrogen-bond donors (Lipinski definition) is 0. The molecule has 1 unspecified atom stereocenters. The van der Waals surface area contributed by atoms with Gasteiger partial charge in [0.05, 0.1) is 11.1 Å². The molecule has 0 aliphatic heterocycles. The topological polar surface area (TPSA) is 43.6 Å². The second-order valence-corrected chi connectivity index (χ2v) is 4.67. The normalized spacial score (nSPS) is 12.8. The Morgan fingerprint density at radius 3 is 2.94 bits per heavy atom. The Labute approximate surface area is 105 Å². The fourth-order valence-electron chi connectivity index (χ4n) is 1.26. The lowest BCUT2D eigenvalue weighted by atomic mass is 10.3. The molecule has 0 bridgehead atoms. The van der Waals surface area contributed by atoms with Crippen LogP contribution in [0.15, 0.2) is 22.7 Å². The Morgan fingerprint density at radius 1 is 1.50 bits per heavy atom. The van der Waals surface area contributed by atoms with Crippen LogP contribution in [0.25, 0.3) is 5.69 Å². The van der Waals surface area contributed by atoms with E-state index in [1.165, 1.54) is 16.8 Å². The molecule has 0 saturated carbocycles. The average Bonchev–Trinajstić information content (AvgIpc) is 2.70. The van der Waals surface area contributed by atoms with Gasteiger partial charge in [0.1, 0.15) is 5.82 Å². The second kappa shape index (κ2) is 4.47. The van der Waals surface area contributed by atoms with Crippen molar-refractivity contribution in [3.63, 3.8) is 0 Å². The zero-order valence-corrected chi connectivity index (χ0v) is 10.6. The van der Waals surface area contributed by atoms with Gasteiger partial charge >= 0.3 is 0 Å². The van der Waals surface area contributed by atoms with E-state index in [1.54, 1.807) is 13.0 Å². The minimum atomic E-state index is -0.359. The van der Waals surface area contributed by atoms with Gasteiger partial charge in [0.15, 0.2) is 5.82 Å². The van der Waals surface area contributed by atoms with Gasteiger partial charge in [-0.2, -0.15) is 4.68 Å². The minimum Gasteiger partial charge on any atom is -0.207 e. The highest BCUT2D eigenvalue weighted by atomic mass is 79.9. The van der Waals surface area contributed by atoms with Gasteiger partial charge in [-0.05, 0) is 45.4 Å². The first kappa shape index (κ1) is 11.5. The fraction of sp³-hybridized carbons (Fsp3) is 0.222. The van der Waals surface area contributed by atoms with Gasteiger partial charge in [-0.3, -0.25) is 0 Å². The first-order chi connectivity index (χ1) is 7.59. The molecule has 0 N–H and O–H groups in total. The van der Waals surface area contributed by atoms with E-state index in [-0.39, 0.29) is 11.2 Å². The highest BCUT2D eigenvalue weighted by Crippen LogP contribution is 2.25. The van der Waals surface area contributed by atoms with E-state index in [2.05, 4.69) is 31.5 Å². The zero-order chi connectivity index (χ0) is 11.7. The number of hydrogen-bond acceptors (Lipinski definition) is 3. The van der Waals surface area contributed by atoms with Gasteiger partial charge in [0.2, 0.25) is 0 Å². The molecule has 0 aliphatic carbocycles. The van der Waals surface area contributed by atoms with Crippen LogP contribution < -0.4 is 0 Å². The standard InChI is InChI=1S/C9H7BrClFN4/c1-5(11)9-13-14-15-16(9)8-4-6(12)2-3-7(8)10/h2-5H,1H3. The molecule has 2 aromatic rings. The molecule has 84 valence electrons. The van der Waals surface area contributed by atoms with E-state index < -0.39 is 0 Å². The summed E-state index contributed by atoms with van der Waals surface area (Å²) in [4.78, 5) is 0. The van der Waals surface area contributed by atoms with E-state index in [0.29, 0.717) is 16.0 Å². The highest BCUT2D eigenvalue weighted by Gasteiger charge is 2.15. The monoisotopic (exact) mass is 304 g/mol. The van der Waals surface area contributed by atoms with Crippen molar-refractivity contribution in [3.8, 4) is 5.69 Å². The van der Waals surface area contributed by atoms with Crippen LogP contribution in [0.2, 0.25) is 0 Å². The fourth-order valence-corrected chi connectivity index (χ4v) is 1.81. The Balaban J connectivity index is 2.58. The number of alkyl halides is 1. The quantitative estimate of drug-likeness (QED) is 0.801. The smallest absolute Gasteiger partial charge is 0.174 e. The van der Waals surface area contributed by atoms with Crippen LogP contribution in [0.1, 0.15) is 18.1 Å². The van der Waals surface area contributed by atoms with Crippen molar-refractivity contribution in [1.29, 1.82) is 0 Å². The Hall–Kier alpha value is -1.01. The molecule has 0 fully saturated rings. The largest absolute Gasteiger partial charge is 0.207 e. The summed E-state index contributed by atoms with van der Waals surface area (Å²) in [6, 6.07) is 4.28. The van der Waals surface area contributed by atoms with Crippen LogP contribution in [0, 0.1) is 5.82 Å². The van der Waals surface area contributed by atoms with E-state index >= 15 is 0 Å². The van der Waals surface area contributed by atoms with Gasteiger partial charge in [0, 0.05) is 10.5 Å². The molecular formula is C9H7BrClFN4. The van der Waals surface area contributed by atoms with Crippen LogP contribution in [-0.4, -0.2) is 20.2 Å². The average molecular weight is 306 g/mol. The molecule has 0 amide bonds. The molecule has 0 aliphatic rings. The number of nitrogens with zero attached hydrogens (tertiary/aromatic N) is 4. The summed E-state index contributed by atoms with van der Waals surface area (Å²) in [5.41, 5.74) is 0.521. The maximum Gasteiger partial charge on any atom is 0.174 e. The molecule has 1 aromatic heterocycles. The third kappa shape index (κ3) is 2.08. The molecule has 0 radical (unpaired) electrons. The number of aromatic nitrogens is 4. The van der Waals surface area contributed by atoms with Gasteiger partial charge in [-0.1, -0.05) is 0 Å². The van der Waals surface area contributed by atoms with Crippen LogP contribution in [-0.2, 0) is 0 Å². The lowest BCUT2D eigenvalue weighted by molar-refractivity contribution is 0.623. The molecule has 0 saturated heterocycles. The van der Waals surface area contributed by atoms with Gasteiger partial charge in [0.25, 0.3) is 0 Å². The lowest BCUT2D eigenvalue weighted by Gasteiger charge is -2.07. The summed E-state index contributed by atoms with van der Waals surface area (Å²) in [7, 11) is 0. The molecule has 0 spiro atoms. The Bertz CT molecular complexity index is 514. The molecule has 1 heterocycles. The zero-order valence-electron chi connectivity index (χ0n) is 8.23. The SMILES string of the molecule is CC(Cl)c1nnnn1-c1cc(F)ccc1Br. The van der Waals surface area contributed by atoms with Crippen LogP contribution in [0.4, 0.5) is 4.39 Å². The molecule has 2 rings (SSSR count). The molecule has 4 nitrogen and oxygen atoms in total. The molecule has 1 aromatic carbocycles. The molecular weight excluding hydrogens is 298 g/mol. The summed E-state index contributed by atoms with van der Waals surface area (Å²) in [5.74, 6) is 0.106. The third-order valence-electron chi connectivity index (χ3n) is 1.99. The van der Waals surface area contributed by atoms with E-state index in [1.807, 2.05) is 0 Å². The van der Waals surface area contributed by atoms with Gasteiger partial charge in [-0.15, -0.1) is 16.7 Å². The van der Waals surface area contributed by atoms with E-state index in [0.717, 1.165) is 0 Å². The number of benzene rings is 1. The molecule has 7 heteroatoms. The van der Waals surface area contributed by atoms with Crippen molar-refractivity contribution in [2.24, 2.45) is 0 Å². The van der Waals surface area contributed by atoms with Crippen molar-refractivity contribution in [2.75, 3.05) is 0 Å². The second-order valence-electron chi connectivity index (χ2n) is 3.16. The van der Waals surface area contributed by atoms with Crippen LogP contribution in [0.5, 0.6) is 0 Å². The summed E-state index contributed by atoms with van der Waals surface area (Å²) in [6.07, 6.45) is 0. The Kier molecular flexibility index (Phi) is 3.20. The van der Waals surface area contributed by atoms with E-state index in [9.17, 15) is 4.39 Å². The third-order valence-corrected chi connectivity index (χ3v) is 2.85. The summed E-state index contributed by atoms with van der Waals surface area (Å²) < 4.78 is 15.2. The number of tetrazole rings is 1. The minimum absolute atomic E-state index is 0.356. The van der Waals surface area contributed by atoms with E-state index in [4.69, 9.17) is 11.6 Å². The maximum atomic E-state index is 13.1. The van der Waals surface area contributed by atoms with Crippen LogP contribution >= 0.6 is 27.5 Å². The first-order valence-corrected chi connectivity index (χ1v) is 5.70. The van der Waals surface area contributed by atoms with Gasteiger partial charge in [-0.25, -0.2) is 4.39 Å². The van der Waals surface area contributed by atoms with Crippen LogP contribution in [0.3, 0.4) is 0 Å². The van der Waals surface area contributed by atoms with Crippen molar-refractivity contribution in [2.45, 2.75) is 12.3 Å². The van der Waals surface area contributed by atoms with Crippen molar-refractivity contribution in [3.05, 3.63) is 34.3 Å². The molecule has 1 atom stereocenters. The summed E-state index contributed by atoms with van der Waals surface area (Å²) >= 11 is 9.23. The lowest BCUT2D eigenvalue weighted by Crippen LogP contribution is -2.05. The number of halogens is 3. The van der Waals surface area contributed by atoms with Gasteiger partial charge < -0.3 is 0 Å². The van der Waals surface area contributed by atoms with Crippen molar-refractivity contribution in [1.82, 2.24) is 20.2 Å². The number of rotatable bonds is 2. The Morgan fingerprint density at radius 2 is 2.25 bits per heavy atom. The predicted molar refractivity (Wildman–Crippen MR) is 61.1 cm³/mol. The summed E-state index contributed by atoms with van der Waals surface area (Å²) in [5, 5.41) is 10.7. The maximum absolute atomic E-state index is 13.1. The predicted octanol–water partition coefficient (Wildman–Crippen LogP) is 2.86. The van der Waals surface area contributed by atoms with Crippen molar-refractivity contribution >= 4 is 27.5 Å². The summed E-state index contributed by atoms with van der Waals surface area (Å²) in [6.45, 7) is 1.75.